The Kier molecular flexibility index (Phi) is 3.99. The zero-order valence-corrected chi connectivity index (χ0v) is 8.16. The van der Waals surface area contributed by atoms with Gasteiger partial charge in [0, 0.05) is 12.6 Å². The molecule has 1 rings (SSSR count). The van der Waals surface area contributed by atoms with Crippen LogP contribution in [0, 0.1) is 0 Å². The number of halogens is 1. The van der Waals surface area contributed by atoms with Gasteiger partial charge in [-0.3, -0.25) is 0 Å². The number of ether oxygens (including phenoxy) is 1. The number of hydrogen-bond acceptors (Lipinski definition) is 3. The van der Waals surface area contributed by atoms with Crippen molar-refractivity contribution in [3.8, 4) is 5.75 Å². The summed E-state index contributed by atoms with van der Waals surface area (Å²) in [6.45, 7) is 2.16. The molecule has 1 unspecified atom stereocenters. The van der Waals surface area contributed by atoms with Crippen molar-refractivity contribution in [2.75, 3.05) is 6.61 Å². The summed E-state index contributed by atoms with van der Waals surface area (Å²) in [6, 6.07) is 3.50. The zero-order chi connectivity index (χ0) is 9.68. The molecular formula is C9H12ClNO2. The van der Waals surface area contributed by atoms with Crippen molar-refractivity contribution in [3.05, 3.63) is 23.5 Å². The molecule has 0 aromatic carbocycles. The Hall–Kier alpha value is -0.800. The van der Waals surface area contributed by atoms with Crippen LogP contribution in [0.15, 0.2) is 18.3 Å². The molecule has 4 heteroatoms. The van der Waals surface area contributed by atoms with Gasteiger partial charge in [-0.2, -0.15) is 0 Å². The lowest BCUT2D eigenvalue weighted by molar-refractivity contribution is 0.155. The second-order valence-corrected chi connectivity index (χ2v) is 3.14. The van der Waals surface area contributed by atoms with Crippen molar-refractivity contribution in [2.45, 2.75) is 19.4 Å². The van der Waals surface area contributed by atoms with Crippen molar-refractivity contribution < 1.29 is 9.84 Å². The predicted octanol–water partition coefficient (Wildman–Crippen LogP) is 1.88. The number of hydrogen-bond donors (Lipinski definition) is 1. The molecule has 1 atom stereocenters. The average Bonchev–Trinajstić information content (AvgIpc) is 2.08. The third-order valence-corrected chi connectivity index (χ3v) is 1.80. The van der Waals surface area contributed by atoms with Crippen molar-refractivity contribution >= 4 is 11.6 Å². The molecule has 0 amide bonds. The first-order valence-corrected chi connectivity index (χ1v) is 4.49. The van der Waals surface area contributed by atoms with Crippen LogP contribution in [-0.4, -0.2) is 22.8 Å². The van der Waals surface area contributed by atoms with E-state index in [0.717, 1.165) is 0 Å². The van der Waals surface area contributed by atoms with E-state index in [1.54, 1.807) is 25.3 Å². The smallest absolute Gasteiger partial charge is 0.171 e. The molecule has 0 saturated heterocycles. The molecule has 0 aliphatic rings. The minimum Gasteiger partial charge on any atom is -0.490 e. The Bertz CT molecular complexity index is 266. The number of aliphatic hydroxyl groups is 1. The highest BCUT2D eigenvalue weighted by Gasteiger charge is 2.01. The van der Waals surface area contributed by atoms with Crippen LogP contribution >= 0.6 is 11.6 Å². The monoisotopic (exact) mass is 201 g/mol. The first-order chi connectivity index (χ1) is 6.20. The lowest BCUT2D eigenvalue weighted by Gasteiger charge is -2.07. The quantitative estimate of drug-likeness (QED) is 0.757. The van der Waals surface area contributed by atoms with E-state index < -0.39 is 0 Å². The van der Waals surface area contributed by atoms with Gasteiger partial charge >= 0.3 is 0 Å². The van der Waals surface area contributed by atoms with E-state index in [9.17, 15) is 0 Å². The summed E-state index contributed by atoms with van der Waals surface area (Å²) in [5.74, 6) is 0.560. The second kappa shape index (κ2) is 5.04. The maximum absolute atomic E-state index is 8.97. The molecule has 3 nitrogen and oxygen atoms in total. The largest absolute Gasteiger partial charge is 0.490 e. The Morgan fingerprint density at radius 3 is 3.08 bits per heavy atom. The van der Waals surface area contributed by atoms with Crippen LogP contribution in [0.5, 0.6) is 5.75 Å². The minimum atomic E-state index is -0.351. The number of aliphatic hydroxyl groups excluding tert-OH is 1. The van der Waals surface area contributed by atoms with Gasteiger partial charge in [0.05, 0.1) is 12.7 Å². The average molecular weight is 202 g/mol. The van der Waals surface area contributed by atoms with Gasteiger partial charge in [0.1, 0.15) is 0 Å². The molecule has 1 aromatic rings. The Morgan fingerprint density at radius 2 is 2.46 bits per heavy atom. The van der Waals surface area contributed by atoms with Gasteiger partial charge in [-0.1, -0.05) is 11.6 Å². The van der Waals surface area contributed by atoms with E-state index in [4.69, 9.17) is 21.4 Å². The van der Waals surface area contributed by atoms with E-state index in [-0.39, 0.29) is 6.10 Å². The molecule has 0 aliphatic carbocycles. The molecule has 0 saturated carbocycles. The fourth-order valence-electron chi connectivity index (χ4n) is 0.818. The van der Waals surface area contributed by atoms with Gasteiger partial charge in [-0.15, -0.1) is 0 Å². The van der Waals surface area contributed by atoms with Crippen molar-refractivity contribution in [3.63, 3.8) is 0 Å². The van der Waals surface area contributed by atoms with Gasteiger partial charge in [0.15, 0.2) is 10.9 Å². The van der Waals surface area contributed by atoms with Crippen LogP contribution in [0.3, 0.4) is 0 Å². The Labute approximate surface area is 82.3 Å². The van der Waals surface area contributed by atoms with E-state index in [0.29, 0.717) is 23.9 Å². The Balaban J connectivity index is 2.41. The van der Waals surface area contributed by atoms with E-state index in [1.807, 2.05) is 0 Å². The molecule has 0 bridgehead atoms. The van der Waals surface area contributed by atoms with Crippen LogP contribution in [0.25, 0.3) is 0 Å². The van der Waals surface area contributed by atoms with Gasteiger partial charge in [-0.25, -0.2) is 4.98 Å². The van der Waals surface area contributed by atoms with Crippen LogP contribution in [-0.2, 0) is 0 Å². The topological polar surface area (TPSA) is 42.4 Å². The molecular weight excluding hydrogens is 190 g/mol. The molecule has 0 aliphatic heterocycles. The SMILES string of the molecule is CC(O)CCOc1cccnc1Cl. The van der Waals surface area contributed by atoms with Crippen molar-refractivity contribution in [2.24, 2.45) is 0 Å². The van der Waals surface area contributed by atoms with Gasteiger partial charge in [0.2, 0.25) is 0 Å². The molecule has 0 fully saturated rings. The summed E-state index contributed by atoms with van der Waals surface area (Å²) >= 11 is 5.74. The standard InChI is InChI=1S/C9H12ClNO2/c1-7(12)4-6-13-8-3-2-5-11-9(8)10/h2-3,5,7,12H,4,6H2,1H3. The van der Waals surface area contributed by atoms with Crippen molar-refractivity contribution in [1.29, 1.82) is 0 Å². The highest BCUT2D eigenvalue weighted by atomic mass is 35.5. The summed E-state index contributed by atoms with van der Waals surface area (Å²) in [6.07, 6.45) is 1.84. The number of nitrogens with zero attached hydrogens (tertiary/aromatic N) is 1. The van der Waals surface area contributed by atoms with Gasteiger partial charge in [0.25, 0.3) is 0 Å². The molecule has 0 spiro atoms. The van der Waals surface area contributed by atoms with Gasteiger partial charge in [-0.05, 0) is 19.1 Å². The molecule has 72 valence electrons. The third kappa shape index (κ3) is 3.61. The van der Waals surface area contributed by atoms with Crippen LogP contribution < -0.4 is 4.74 Å². The summed E-state index contributed by atoms with van der Waals surface area (Å²) in [5.41, 5.74) is 0. The van der Waals surface area contributed by atoms with E-state index >= 15 is 0 Å². The lowest BCUT2D eigenvalue weighted by Crippen LogP contribution is -2.07. The number of pyridine rings is 1. The summed E-state index contributed by atoms with van der Waals surface area (Å²) in [7, 11) is 0. The minimum absolute atomic E-state index is 0.351. The fraction of sp³-hybridized carbons (Fsp3) is 0.444. The molecule has 1 aromatic heterocycles. The maximum atomic E-state index is 8.97. The summed E-state index contributed by atoms with van der Waals surface area (Å²) < 4.78 is 5.29. The first-order valence-electron chi connectivity index (χ1n) is 4.11. The highest BCUT2D eigenvalue weighted by Crippen LogP contribution is 2.20. The van der Waals surface area contributed by atoms with Crippen LogP contribution in [0.2, 0.25) is 5.15 Å². The van der Waals surface area contributed by atoms with Crippen molar-refractivity contribution in [1.82, 2.24) is 4.98 Å². The van der Waals surface area contributed by atoms with E-state index in [2.05, 4.69) is 4.98 Å². The summed E-state index contributed by atoms with van der Waals surface area (Å²) in [5, 5.41) is 9.33. The second-order valence-electron chi connectivity index (χ2n) is 2.78. The van der Waals surface area contributed by atoms with Crippen LogP contribution in [0.1, 0.15) is 13.3 Å². The number of rotatable bonds is 4. The number of aromatic nitrogens is 1. The van der Waals surface area contributed by atoms with E-state index in [1.165, 1.54) is 0 Å². The fourth-order valence-corrected chi connectivity index (χ4v) is 0.992. The molecule has 1 heterocycles. The first kappa shape index (κ1) is 10.3. The molecule has 0 radical (unpaired) electrons. The lowest BCUT2D eigenvalue weighted by atomic mass is 10.3. The zero-order valence-electron chi connectivity index (χ0n) is 7.40. The predicted molar refractivity (Wildman–Crippen MR) is 51.0 cm³/mol. The maximum Gasteiger partial charge on any atom is 0.171 e. The highest BCUT2D eigenvalue weighted by molar-refractivity contribution is 6.30. The summed E-state index contributed by atoms with van der Waals surface area (Å²) in [4.78, 5) is 3.85. The third-order valence-electron chi connectivity index (χ3n) is 1.52. The normalized spacial score (nSPS) is 12.5. The molecule has 13 heavy (non-hydrogen) atoms. The Morgan fingerprint density at radius 1 is 1.69 bits per heavy atom. The van der Waals surface area contributed by atoms with Crippen LogP contribution in [0.4, 0.5) is 0 Å². The van der Waals surface area contributed by atoms with Gasteiger partial charge < -0.3 is 9.84 Å². The molecule has 1 N–H and O–H groups in total.